The van der Waals surface area contributed by atoms with Gasteiger partial charge in [-0.05, 0) is 29.7 Å². The molecule has 0 aromatic heterocycles. The predicted molar refractivity (Wildman–Crippen MR) is 115 cm³/mol. The predicted octanol–water partition coefficient (Wildman–Crippen LogP) is 3.54. The number of amides is 1. The Hall–Kier alpha value is -2.94. The molecule has 3 aromatic rings. The highest BCUT2D eigenvalue weighted by Crippen LogP contribution is 2.25. The Kier molecular flexibility index (Phi) is 6.40. The van der Waals surface area contributed by atoms with Crippen molar-refractivity contribution in [1.29, 1.82) is 0 Å². The van der Waals surface area contributed by atoms with Gasteiger partial charge in [0.1, 0.15) is 4.90 Å². The van der Waals surface area contributed by atoms with Crippen LogP contribution in [0.3, 0.4) is 0 Å². The summed E-state index contributed by atoms with van der Waals surface area (Å²) in [4.78, 5) is 24.4. The molecule has 30 heavy (non-hydrogen) atoms. The van der Waals surface area contributed by atoms with E-state index < -0.39 is 28.5 Å². The first kappa shape index (κ1) is 21.8. The van der Waals surface area contributed by atoms with Gasteiger partial charge in [-0.2, -0.15) is 0 Å². The Labute approximate surface area is 179 Å². The minimum absolute atomic E-state index is 0.0195. The second kappa shape index (κ2) is 8.83. The maximum Gasteiger partial charge on any atom is 0.338 e. The number of anilines is 1. The number of halogens is 1. The Bertz CT molecular complexity index is 1220. The van der Waals surface area contributed by atoms with Gasteiger partial charge in [-0.15, -0.1) is 0 Å². The lowest BCUT2D eigenvalue weighted by atomic mass is 10.1. The summed E-state index contributed by atoms with van der Waals surface area (Å²) in [5.74, 6) is -1.36. The number of fused-ring (bicyclic) bond motifs is 1. The number of sulfonamides is 1. The maximum atomic E-state index is 12.3. The average Bonchev–Trinajstić information content (AvgIpc) is 2.72. The number of carbonyl (C=O) groups is 2. The molecule has 0 atom stereocenters. The van der Waals surface area contributed by atoms with E-state index in [1.54, 1.807) is 6.07 Å². The Morgan fingerprint density at radius 3 is 2.47 bits per heavy atom. The van der Waals surface area contributed by atoms with Gasteiger partial charge in [0.15, 0.2) is 6.61 Å². The largest absolute Gasteiger partial charge is 0.452 e. The van der Waals surface area contributed by atoms with E-state index >= 15 is 0 Å². The highest BCUT2D eigenvalue weighted by molar-refractivity contribution is 7.89. The normalized spacial score (nSPS) is 11.5. The first-order valence-electron chi connectivity index (χ1n) is 8.87. The van der Waals surface area contributed by atoms with E-state index in [4.69, 9.17) is 16.3 Å². The molecule has 9 heteroatoms. The lowest BCUT2D eigenvalue weighted by Crippen LogP contribution is -2.23. The zero-order valence-electron chi connectivity index (χ0n) is 16.3. The van der Waals surface area contributed by atoms with Gasteiger partial charge in [0.25, 0.3) is 5.91 Å². The van der Waals surface area contributed by atoms with Crippen LogP contribution >= 0.6 is 11.6 Å². The molecular formula is C21H19ClN2O5S. The third-order valence-corrected chi connectivity index (χ3v) is 6.62. The second-order valence-electron chi connectivity index (χ2n) is 6.58. The zero-order chi connectivity index (χ0) is 21.9. The Balaban J connectivity index is 1.70. The van der Waals surface area contributed by atoms with Gasteiger partial charge < -0.3 is 10.1 Å². The van der Waals surface area contributed by atoms with Crippen molar-refractivity contribution in [2.24, 2.45) is 0 Å². The topological polar surface area (TPSA) is 92.8 Å². The standard InChI is InChI=1S/C21H19ClN2O5S/c1-24(2)30(27,28)19-12-15(10-11-17(19)22)21(26)29-13-20(25)23-18-9-5-7-14-6-3-4-8-16(14)18/h3-12H,13H2,1-2H3,(H,23,25). The summed E-state index contributed by atoms with van der Waals surface area (Å²) in [6.45, 7) is -0.527. The second-order valence-corrected chi connectivity index (χ2v) is 9.11. The van der Waals surface area contributed by atoms with E-state index in [9.17, 15) is 18.0 Å². The van der Waals surface area contributed by atoms with Gasteiger partial charge in [-0.1, -0.05) is 48.0 Å². The first-order chi connectivity index (χ1) is 14.2. The number of hydrogen-bond acceptors (Lipinski definition) is 5. The van der Waals surface area contributed by atoms with Crippen molar-refractivity contribution >= 4 is 50.0 Å². The van der Waals surface area contributed by atoms with Crippen LogP contribution in [0.2, 0.25) is 5.02 Å². The molecule has 7 nitrogen and oxygen atoms in total. The molecule has 1 N–H and O–H groups in total. The molecule has 3 aromatic carbocycles. The molecule has 0 aliphatic heterocycles. The van der Waals surface area contributed by atoms with Crippen LogP contribution in [-0.4, -0.2) is 45.3 Å². The molecule has 1 amide bonds. The van der Waals surface area contributed by atoms with Crippen LogP contribution in [-0.2, 0) is 19.6 Å². The van der Waals surface area contributed by atoms with Crippen molar-refractivity contribution in [1.82, 2.24) is 4.31 Å². The van der Waals surface area contributed by atoms with Gasteiger partial charge in [0, 0.05) is 25.2 Å². The molecule has 3 rings (SSSR count). The fourth-order valence-corrected chi connectivity index (χ4v) is 4.15. The fourth-order valence-electron chi connectivity index (χ4n) is 2.76. The molecule has 0 unspecified atom stereocenters. The van der Waals surface area contributed by atoms with Crippen molar-refractivity contribution in [2.75, 3.05) is 26.0 Å². The average molecular weight is 447 g/mol. The smallest absolute Gasteiger partial charge is 0.338 e. The van der Waals surface area contributed by atoms with E-state index in [-0.39, 0.29) is 15.5 Å². The number of esters is 1. The summed E-state index contributed by atoms with van der Waals surface area (Å²) in [6.07, 6.45) is 0. The van der Waals surface area contributed by atoms with Crippen LogP contribution in [0.15, 0.2) is 65.6 Å². The van der Waals surface area contributed by atoms with Crippen LogP contribution < -0.4 is 5.32 Å². The number of hydrogen-bond donors (Lipinski definition) is 1. The van der Waals surface area contributed by atoms with Gasteiger partial charge >= 0.3 is 5.97 Å². The van der Waals surface area contributed by atoms with Crippen LogP contribution in [0.5, 0.6) is 0 Å². The maximum absolute atomic E-state index is 12.3. The summed E-state index contributed by atoms with van der Waals surface area (Å²) in [6, 6.07) is 16.8. The van der Waals surface area contributed by atoms with E-state index in [2.05, 4.69) is 5.32 Å². The van der Waals surface area contributed by atoms with Gasteiger partial charge in [-0.3, -0.25) is 4.79 Å². The first-order valence-corrected chi connectivity index (χ1v) is 10.7. The minimum Gasteiger partial charge on any atom is -0.452 e. The molecule has 0 aliphatic carbocycles. The van der Waals surface area contributed by atoms with E-state index in [0.717, 1.165) is 21.1 Å². The van der Waals surface area contributed by atoms with Crippen molar-refractivity contribution < 1.29 is 22.7 Å². The fraction of sp³-hybridized carbons (Fsp3) is 0.143. The number of nitrogens with one attached hydrogen (secondary N) is 1. The zero-order valence-corrected chi connectivity index (χ0v) is 17.8. The van der Waals surface area contributed by atoms with Crippen molar-refractivity contribution in [3.63, 3.8) is 0 Å². The van der Waals surface area contributed by atoms with E-state index in [1.165, 1.54) is 26.2 Å². The quantitative estimate of drug-likeness (QED) is 0.584. The molecule has 0 fully saturated rings. The summed E-state index contributed by atoms with van der Waals surface area (Å²) in [5, 5.41) is 4.51. The number of rotatable bonds is 6. The summed E-state index contributed by atoms with van der Waals surface area (Å²) >= 11 is 5.97. The number of benzene rings is 3. The summed E-state index contributed by atoms with van der Waals surface area (Å²) in [5.41, 5.74) is 0.567. The summed E-state index contributed by atoms with van der Waals surface area (Å²) < 4.78 is 30.7. The molecule has 0 aliphatic rings. The highest BCUT2D eigenvalue weighted by Gasteiger charge is 2.23. The molecule has 0 saturated heterocycles. The highest BCUT2D eigenvalue weighted by atomic mass is 35.5. The number of nitrogens with zero attached hydrogens (tertiary/aromatic N) is 1. The lowest BCUT2D eigenvalue weighted by Gasteiger charge is -2.13. The van der Waals surface area contributed by atoms with Gasteiger partial charge in [0.2, 0.25) is 10.0 Å². The summed E-state index contributed by atoms with van der Waals surface area (Å²) in [7, 11) is -1.13. The SMILES string of the molecule is CN(C)S(=O)(=O)c1cc(C(=O)OCC(=O)Nc2cccc3ccccc23)ccc1Cl. The lowest BCUT2D eigenvalue weighted by molar-refractivity contribution is -0.119. The van der Waals surface area contributed by atoms with Crippen molar-refractivity contribution in [3.05, 3.63) is 71.2 Å². The van der Waals surface area contributed by atoms with Crippen LogP contribution in [0.25, 0.3) is 10.8 Å². The minimum atomic E-state index is -3.84. The van der Waals surface area contributed by atoms with Crippen molar-refractivity contribution in [2.45, 2.75) is 4.90 Å². The number of carbonyl (C=O) groups excluding carboxylic acids is 2. The molecule has 0 bridgehead atoms. The Morgan fingerprint density at radius 2 is 1.73 bits per heavy atom. The molecule has 156 valence electrons. The van der Waals surface area contributed by atoms with Crippen LogP contribution in [0, 0.1) is 0 Å². The number of ether oxygens (including phenoxy) is 1. The van der Waals surface area contributed by atoms with Crippen molar-refractivity contribution in [3.8, 4) is 0 Å². The Morgan fingerprint density at radius 1 is 1.03 bits per heavy atom. The monoisotopic (exact) mass is 446 g/mol. The van der Waals surface area contributed by atoms with E-state index in [1.807, 2.05) is 36.4 Å². The van der Waals surface area contributed by atoms with Gasteiger partial charge in [-0.25, -0.2) is 17.5 Å². The third-order valence-electron chi connectivity index (χ3n) is 4.32. The van der Waals surface area contributed by atoms with Crippen LogP contribution in [0.4, 0.5) is 5.69 Å². The molecule has 0 heterocycles. The molecule has 0 saturated carbocycles. The van der Waals surface area contributed by atoms with Gasteiger partial charge in [0.05, 0.1) is 10.6 Å². The molecule has 0 spiro atoms. The van der Waals surface area contributed by atoms with E-state index in [0.29, 0.717) is 5.69 Å². The third kappa shape index (κ3) is 4.62. The molecule has 0 radical (unpaired) electrons. The molecular weight excluding hydrogens is 428 g/mol. The van der Waals surface area contributed by atoms with Crippen LogP contribution in [0.1, 0.15) is 10.4 Å².